The lowest BCUT2D eigenvalue weighted by atomic mass is 10.1. The van der Waals surface area contributed by atoms with E-state index in [1.165, 1.54) is 4.68 Å². The maximum absolute atomic E-state index is 13.0. The third kappa shape index (κ3) is 2.75. The Morgan fingerprint density at radius 3 is 2.68 bits per heavy atom. The van der Waals surface area contributed by atoms with Gasteiger partial charge < -0.3 is 4.74 Å². The number of halogens is 1. The third-order valence-electron chi connectivity index (χ3n) is 4.77. The van der Waals surface area contributed by atoms with Crippen LogP contribution in [0.25, 0.3) is 22.6 Å². The van der Waals surface area contributed by atoms with Gasteiger partial charge in [-0.25, -0.2) is 14.8 Å². The van der Waals surface area contributed by atoms with Crippen molar-refractivity contribution in [3.63, 3.8) is 0 Å². The van der Waals surface area contributed by atoms with Gasteiger partial charge in [-0.15, -0.1) is 4.68 Å². The van der Waals surface area contributed by atoms with E-state index in [-0.39, 0.29) is 17.7 Å². The minimum atomic E-state index is -0.339. The molecule has 7 nitrogen and oxygen atoms in total. The van der Waals surface area contributed by atoms with Gasteiger partial charge >= 0.3 is 5.69 Å². The van der Waals surface area contributed by atoms with Crippen molar-refractivity contribution in [1.29, 1.82) is 0 Å². The number of aryl methyl sites for hydroxylation is 1. The molecule has 1 saturated carbocycles. The number of fused-ring (bicyclic) bond motifs is 1. The van der Waals surface area contributed by atoms with Crippen molar-refractivity contribution in [2.45, 2.75) is 25.9 Å². The normalized spacial score (nSPS) is 13.8. The molecule has 3 heterocycles. The van der Waals surface area contributed by atoms with Crippen LogP contribution in [0.2, 0.25) is 5.02 Å². The Morgan fingerprint density at radius 2 is 1.93 bits per heavy atom. The number of hydrogen-bond donors (Lipinski definition) is 0. The summed E-state index contributed by atoms with van der Waals surface area (Å²) < 4.78 is 8.66. The molecule has 0 saturated heterocycles. The summed E-state index contributed by atoms with van der Waals surface area (Å²) in [6.45, 7) is 1.88. The molecule has 0 amide bonds. The quantitative estimate of drug-likeness (QED) is 0.531. The predicted molar refractivity (Wildman–Crippen MR) is 105 cm³/mol. The lowest BCUT2D eigenvalue weighted by Crippen LogP contribution is -2.29. The van der Waals surface area contributed by atoms with Gasteiger partial charge in [-0.05, 0) is 38.0 Å². The first kappa shape index (κ1) is 16.9. The SMILES string of the molecule is Cc1c(-c2cccc(OC3CC3)c2Cl)cc2cnn(-c3ncccn3)c(=O)n12. The van der Waals surface area contributed by atoms with Crippen molar-refractivity contribution in [2.24, 2.45) is 0 Å². The van der Waals surface area contributed by atoms with Crippen LogP contribution in [0.15, 0.2) is 53.7 Å². The number of ether oxygens (including phenoxy) is 1. The second-order valence-electron chi connectivity index (χ2n) is 6.73. The molecule has 0 bridgehead atoms. The molecule has 1 aliphatic rings. The van der Waals surface area contributed by atoms with Crippen LogP contribution >= 0.6 is 11.6 Å². The van der Waals surface area contributed by atoms with Crippen molar-refractivity contribution in [2.75, 3.05) is 0 Å². The van der Waals surface area contributed by atoms with E-state index in [0.29, 0.717) is 16.3 Å². The lowest BCUT2D eigenvalue weighted by Gasteiger charge is -2.10. The molecule has 0 N–H and O–H groups in total. The molecule has 3 aromatic heterocycles. The number of benzene rings is 1. The zero-order chi connectivity index (χ0) is 19.3. The van der Waals surface area contributed by atoms with Gasteiger partial charge in [0, 0.05) is 29.2 Å². The van der Waals surface area contributed by atoms with Crippen molar-refractivity contribution in [3.05, 3.63) is 70.1 Å². The summed E-state index contributed by atoms with van der Waals surface area (Å²) in [5.41, 5.74) is 2.78. The highest BCUT2D eigenvalue weighted by Crippen LogP contribution is 2.39. The molecule has 1 aliphatic carbocycles. The maximum atomic E-state index is 13.0. The summed E-state index contributed by atoms with van der Waals surface area (Å²) in [5.74, 6) is 0.895. The molecule has 4 aromatic rings. The van der Waals surface area contributed by atoms with Crippen LogP contribution in [-0.2, 0) is 0 Å². The second-order valence-corrected chi connectivity index (χ2v) is 7.10. The third-order valence-corrected chi connectivity index (χ3v) is 5.16. The first-order valence-electron chi connectivity index (χ1n) is 8.97. The standard InChI is InChI=1S/C20H16ClN5O2/c1-12-16(15-4-2-5-17(18(15)21)28-14-6-7-14)10-13-11-24-26(20(27)25(12)13)19-22-8-3-9-23-19/h2-5,8-11,14H,6-7H2,1H3. The average Bonchev–Trinajstić information content (AvgIpc) is 3.46. The fraction of sp³-hybridized carbons (Fsp3) is 0.200. The van der Waals surface area contributed by atoms with Crippen molar-refractivity contribution in [1.82, 2.24) is 24.1 Å². The molecule has 0 radical (unpaired) electrons. The molecule has 5 rings (SSSR count). The molecule has 28 heavy (non-hydrogen) atoms. The topological polar surface area (TPSA) is 74.3 Å². The van der Waals surface area contributed by atoms with Gasteiger partial charge in [-0.1, -0.05) is 23.7 Å². The number of nitrogens with zero attached hydrogens (tertiary/aromatic N) is 5. The monoisotopic (exact) mass is 393 g/mol. The van der Waals surface area contributed by atoms with Crippen LogP contribution in [0.3, 0.4) is 0 Å². The average molecular weight is 394 g/mol. The molecule has 0 unspecified atom stereocenters. The summed E-state index contributed by atoms with van der Waals surface area (Å²) in [6.07, 6.45) is 7.13. The highest BCUT2D eigenvalue weighted by molar-refractivity contribution is 6.34. The van der Waals surface area contributed by atoms with E-state index >= 15 is 0 Å². The first-order chi connectivity index (χ1) is 13.6. The van der Waals surface area contributed by atoms with E-state index in [1.807, 2.05) is 31.2 Å². The van der Waals surface area contributed by atoms with Crippen LogP contribution in [0.1, 0.15) is 18.5 Å². The lowest BCUT2D eigenvalue weighted by molar-refractivity contribution is 0.303. The van der Waals surface area contributed by atoms with E-state index in [0.717, 1.165) is 29.7 Å². The molecular formula is C20H16ClN5O2. The molecule has 1 fully saturated rings. The van der Waals surface area contributed by atoms with E-state index in [4.69, 9.17) is 16.3 Å². The van der Waals surface area contributed by atoms with Gasteiger partial charge in [0.1, 0.15) is 5.75 Å². The van der Waals surface area contributed by atoms with Crippen LogP contribution < -0.4 is 10.4 Å². The maximum Gasteiger partial charge on any atom is 0.356 e. The molecular weight excluding hydrogens is 378 g/mol. The van der Waals surface area contributed by atoms with Gasteiger partial charge in [0.25, 0.3) is 5.95 Å². The zero-order valence-corrected chi connectivity index (χ0v) is 15.8. The highest BCUT2D eigenvalue weighted by Gasteiger charge is 2.25. The Morgan fingerprint density at radius 1 is 1.14 bits per heavy atom. The molecule has 8 heteroatoms. The van der Waals surface area contributed by atoms with E-state index in [9.17, 15) is 4.79 Å². The fourth-order valence-electron chi connectivity index (χ4n) is 3.23. The highest BCUT2D eigenvalue weighted by atomic mass is 35.5. The molecule has 0 spiro atoms. The minimum Gasteiger partial charge on any atom is -0.489 e. The van der Waals surface area contributed by atoms with Gasteiger partial charge in [-0.3, -0.25) is 4.40 Å². The Bertz CT molecular complexity index is 1240. The summed E-state index contributed by atoms with van der Waals surface area (Å²) >= 11 is 6.63. The summed E-state index contributed by atoms with van der Waals surface area (Å²) in [4.78, 5) is 21.2. The summed E-state index contributed by atoms with van der Waals surface area (Å²) in [6, 6.07) is 9.30. The zero-order valence-electron chi connectivity index (χ0n) is 15.0. The predicted octanol–water partition coefficient (Wildman–Crippen LogP) is 3.45. The van der Waals surface area contributed by atoms with Crippen molar-refractivity contribution in [3.8, 4) is 22.8 Å². The van der Waals surface area contributed by atoms with E-state index < -0.39 is 0 Å². The smallest absolute Gasteiger partial charge is 0.356 e. The summed E-state index contributed by atoms with van der Waals surface area (Å²) in [7, 11) is 0. The minimum absolute atomic E-state index is 0.224. The summed E-state index contributed by atoms with van der Waals surface area (Å²) in [5, 5.41) is 4.76. The molecule has 0 aliphatic heterocycles. The van der Waals surface area contributed by atoms with Gasteiger partial charge in [0.05, 0.1) is 22.8 Å². The van der Waals surface area contributed by atoms with E-state index in [1.54, 1.807) is 29.1 Å². The first-order valence-corrected chi connectivity index (χ1v) is 9.34. The fourth-order valence-corrected chi connectivity index (χ4v) is 3.50. The Balaban J connectivity index is 1.67. The number of aromatic nitrogens is 5. The van der Waals surface area contributed by atoms with Crippen LogP contribution in [0.4, 0.5) is 0 Å². The Kier molecular flexibility index (Phi) is 3.91. The van der Waals surface area contributed by atoms with Gasteiger partial charge in [0.15, 0.2) is 0 Å². The number of hydrogen-bond acceptors (Lipinski definition) is 5. The molecule has 140 valence electrons. The van der Waals surface area contributed by atoms with Crippen LogP contribution in [-0.4, -0.2) is 30.3 Å². The van der Waals surface area contributed by atoms with Crippen LogP contribution in [0, 0.1) is 6.92 Å². The molecule has 1 aromatic carbocycles. The Labute approximate surface area is 165 Å². The largest absolute Gasteiger partial charge is 0.489 e. The number of rotatable bonds is 4. The van der Waals surface area contributed by atoms with Crippen LogP contribution in [0.5, 0.6) is 5.75 Å². The molecule has 0 atom stereocenters. The van der Waals surface area contributed by atoms with Crippen molar-refractivity contribution < 1.29 is 4.74 Å². The van der Waals surface area contributed by atoms with Gasteiger partial charge in [0.2, 0.25) is 0 Å². The van der Waals surface area contributed by atoms with E-state index in [2.05, 4.69) is 15.1 Å². The van der Waals surface area contributed by atoms with Crippen molar-refractivity contribution >= 4 is 17.1 Å². The van der Waals surface area contributed by atoms with Gasteiger partial charge in [-0.2, -0.15) is 5.10 Å². The second kappa shape index (κ2) is 6.45. The Hall–Kier alpha value is -3.19.